The van der Waals surface area contributed by atoms with Gasteiger partial charge in [0.2, 0.25) is 0 Å². The molecule has 0 atom stereocenters. The Hall–Kier alpha value is -1.88. The van der Waals surface area contributed by atoms with Crippen LogP contribution in [0, 0.1) is 11.6 Å². The van der Waals surface area contributed by atoms with Crippen LogP contribution in [0.15, 0.2) is 30.5 Å². The first-order valence-corrected chi connectivity index (χ1v) is 5.39. The highest BCUT2D eigenvalue weighted by Gasteiger charge is 2.20. The molecule has 0 unspecified atom stereocenters. The summed E-state index contributed by atoms with van der Waals surface area (Å²) >= 11 is 0. The van der Waals surface area contributed by atoms with Gasteiger partial charge in [0.05, 0.1) is 5.69 Å². The Kier molecular flexibility index (Phi) is 3.09. The first-order chi connectivity index (χ1) is 8.38. The molecule has 18 heavy (non-hydrogen) atoms. The standard InChI is InChI=1S/C13H12F2N2O/c1-13(2,18)12-16-6-5-11(17-12)9-7-8(14)3-4-10(9)15/h3-7,18H,1-2H3. The van der Waals surface area contributed by atoms with Gasteiger partial charge in [0.1, 0.15) is 17.2 Å². The van der Waals surface area contributed by atoms with Crippen molar-refractivity contribution in [2.24, 2.45) is 0 Å². The summed E-state index contributed by atoms with van der Waals surface area (Å²) in [5.41, 5.74) is -0.957. The summed E-state index contributed by atoms with van der Waals surface area (Å²) in [5.74, 6) is -0.963. The van der Waals surface area contributed by atoms with E-state index in [1.807, 2.05) is 0 Å². The summed E-state index contributed by atoms with van der Waals surface area (Å²) in [6, 6.07) is 4.60. The van der Waals surface area contributed by atoms with Crippen LogP contribution in [0.25, 0.3) is 11.3 Å². The van der Waals surface area contributed by atoms with Crippen molar-refractivity contribution in [3.8, 4) is 11.3 Å². The van der Waals surface area contributed by atoms with Gasteiger partial charge in [-0.15, -0.1) is 0 Å². The topological polar surface area (TPSA) is 46.0 Å². The average Bonchev–Trinajstić information content (AvgIpc) is 2.31. The zero-order valence-electron chi connectivity index (χ0n) is 9.98. The molecule has 1 N–H and O–H groups in total. The highest BCUT2D eigenvalue weighted by atomic mass is 19.1. The molecule has 0 amide bonds. The normalized spacial score (nSPS) is 11.6. The summed E-state index contributed by atoms with van der Waals surface area (Å²) in [4.78, 5) is 7.96. The van der Waals surface area contributed by atoms with Gasteiger partial charge in [-0.3, -0.25) is 0 Å². The average molecular weight is 250 g/mol. The van der Waals surface area contributed by atoms with Crippen LogP contribution in [0.4, 0.5) is 8.78 Å². The predicted molar refractivity (Wildman–Crippen MR) is 62.6 cm³/mol. The fourth-order valence-corrected chi connectivity index (χ4v) is 1.50. The van der Waals surface area contributed by atoms with E-state index in [9.17, 15) is 13.9 Å². The number of aromatic nitrogens is 2. The lowest BCUT2D eigenvalue weighted by Gasteiger charge is -2.15. The minimum atomic E-state index is -1.24. The van der Waals surface area contributed by atoms with Crippen LogP contribution in [-0.2, 0) is 5.60 Å². The molecule has 0 aliphatic heterocycles. The minimum Gasteiger partial charge on any atom is -0.382 e. The molecule has 2 rings (SSSR count). The van der Waals surface area contributed by atoms with E-state index < -0.39 is 17.2 Å². The molecule has 1 aromatic heterocycles. The Morgan fingerprint density at radius 1 is 1.17 bits per heavy atom. The number of hydrogen-bond acceptors (Lipinski definition) is 3. The van der Waals surface area contributed by atoms with E-state index >= 15 is 0 Å². The van der Waals surface area contributed by atoms with Crippen LogP contribution in [0.3, 0.4) is 0 Å². The molecule has 0 radical (unpaired) electrons. The van der Waals surface area contributed by atoms with E-state index in [2.05, 4.69) is 9.97 Å². The van der Waals surface area contributed by atoms with Gasteiger partial charge in [0.25, 0.3) is 0 Å². The Bertz CT molecular complexity index is 579. The third-order valence-electron chi connectivity index (χ3n) is 2.41. The molecule has 0 aliphatic rings. The van der Waals surface area contributed by atoms with Gasteiger partial charge in [0.15, 0.2) is 5.82 Å². The van der Waals surface area contributed by atoms with Crippen LogP contribution >= 0.6 is 0 Å². The predicted octanol–water partition coefficient (Wildman–Crippen LogP) is 2.65. The zero-order valence-corrected chi connectivity index (χ0v) is 9.98. The largest absolute Gasteiger partial charge is 0.382 e. The molecule has 1 heterocycles. The minimum absolute atomic E-state index is 0.0444. The van der Waals surface area contributed by atoms with Crippen molar-refractivity contribution in [1.82, 2.24) is 9.97 Å². The molecular weight excluding hydrogens is 238 g/mol. The van der Waals surface area contributed by atoms with E-state index in [1.54, 1.807) is 0 Å². The van der Waals surface area contributed by atoms with Crippen molar-refractivity contribution in [3.63, 3.8) is 0 Å². The Morgan fingerprint density at radius 3 is 2.56 bits per heavy atom. The first kappa shape index (κ1) is 12.6. The first-order valence-electron chi connectivity index (χ1n) is 5.39. The summed E-state index contributed by atoms with van der Waals surface area (Å²) in [5, 5.41) is 9.79. The highest BCUT2D eigenvalue weighted by Crippen LogP contribution is 2.23. The van der Waals surface area contributed by atoms with Crippen LogP contribution < -0.4 is 0 Å². The number of aliphatic hydroxyl groups is 1. The van der Waals surface area contributed by atoms with Gasteiger partial charge >= 0.3 is 0 Å². The number of halogens is 2. The lowest BCUT2D eigenvalue weighted by Crippen LogP contribution is -2.19. The number of hydrogen-bond donors (Lipinski definition) is 1. The molecule has 5 heteroatoms. The van der Waals surface area contributed by atoms with Crippen molar-refractivity contribution in [2.75, 3.05) is 0 Å². The maximum Gasteiger partial charge on any atom is 0.160 e. The molecule has 0 saturated heterocycles. The van der Waals surface area contributed by atoms with Gasteiger partial charge in [-0.1, -0.05) is 0 Å². The van der Waals surface area contributed by atoms with Crippen molar-refractivity contribution >= 4 is 0 Å². The third kappa shape index (κ3) is 2.51. The van der Waals surface area contributed by atoms with Crippen LogP contribution in [0.5, 0.6) is 0 Å². The van der Waals surface area contributed by atoms with Gasteiger partial charge in [-0.2, -0.15) is 0 Å². The molecule has 0 bridgehead atoms. The summed E-state index contributed by atoms with van der Waals surface area (Å²) < 4.78 is 26.7. The smallest absolute Gasteiger partial charge is 0.160 e. The second-order valence-electron chi connectivity index (χ2n) is 4.45. The van der Waals surface area contributed by atoms with Crippen molar-refractivity contribution in [1.29, 1.82) is 0 Å². The second kappa shape index (κ2) is 4.42. The van der Waals surface area contributed by atoms with Crippen molar-refractivity contribution < 1.29 is 13.9 Å². The molecule has 0 saturated carbocycles. The van der Waals surface area contributed by atoms with Gasteiger partial charge in [-0.05, 0) is 38.1 Å². The van der Waals surface area contributed by atoms with Gasteiger partial charge in [0, 0.05) is 11.8 Å². The quantitative estimate of drug-likeness (QED) is 0.891. The van der Waals surface area contributed by atoms with Crippen molar-refractivity contribution in [3.05, 3.63) is 47.9 Å². The fourth-order valence-electron chi connectivity index (χ4n) is 1.50. The molecule has 1 aromatic carbocycles. The van der Waals surface area contributed by atoms with E-state index in [1.165, 1.54) is 26.1 Å². The zero-order chi connectivity index (χ0) is 13.3. The maximum absolute atomic E-state index is 13.6. The van der Waals surface area contributed by atoms with Gasteiger partial charge in [-0.25, -0.2) is 18.7 Å². The molecule has 94 valence electrons. The molecule has 0 fully saturated rings. The fraction of sp³-hybridized carbons (Fsp3) is 0.231. The van der Waals surface area contributed by atoms with Crippen LogP contribution in [0.2, 0.25) is 0 Å². The van der Waals surface area contributed by atoms with E-state index in [-0.39, 0.29) is 17.1 Å². The second-order valence-corrected chi connectivity index (χ2v) is 4.45. The Morgan fingerprint density at radius 2 is 1.89 bits per heavy atom. The summed E-state index contributed by atoms with van der Waals surface area (Å²) in [7, 11) is 0. The summed E-state index contributed by atoms with van der Waals surface area (Å²) in [6.45, 7) is 3.04. The highest BCUT2D eigenvalue weighted by molar-refractivity contribution is 5.59. The lowest BCUT2D eigenvalue weighted by atomic mass is 10.1. The molecule has 2 aromatic rings. The Balaban J connectivity index is 2.55. The monoisotopic (exact) mass is 250 g/mol. The molecule has 3 nitrogen and oxygen atoms in total. The summed E-state index contributed by atoms with van der Waals surface area (Å²) in [6.07, 6.45) is 1.40. The van der Waals surface area contributed by atoms with Crippen LogP contribution in [0.1, 0.15) is 19.7 Å². The molecule has 0 spiro atoms. The number of rotatable bonds is 2. The van der Waals surface area contributed by atoms with Crippen LogP contribution in [-0.4, -0.2) is 15.1 Å². The lowest BCUT2D eigenvalue weighted by molar-refractivity contribution is 0.0688. The van der Waals surface area contributed by atoms with E-state index in [4.69, 9.17) is 0 Å². The maximum atomic E-state index is 13.6. The SMILES string of the molecule is CC(C)(O)c1nccc(-c2cc(F)ccc2F)n1. The third-order valence-corrected chi connectivity index (χ3v) is 2.41. The van der Waals surface area contributed by atoms with Gasteiger partial charge < -0.3 is 5.11 Å². The molecule has 0 aliphatic carbocycles. The number of nitrogens with zero attached hydrogens (tertiary/aromatic N) is 2. The van der Waals surface area contributed by atoms with E-state index in [0.29, 0.717) is 0 Å². The van der Waals surface area contributed by atoms with Crippen molar-refractivity contribution in [2.45, 2.75) is 19.4 Å². The molecular formula is C13H12F2N2O. The van der Waals surface area contributed by atoms with E-state index in [0.717, 1.165) is 18.2 Å². The Labute approximate surface area is 103 Å². The number of benzene rings is 1.